The van der Waals surface area contributed by atoms with Gasteiger partial charge in [0.05, 0.1) is 0 Å². The van der Waals surface area contributed by atoms with Crippen LogP contribution in [0, 0.1) is 6.92 Å². The highest BCUT2D eigenvalue weighted by Gasteiger charge is 2.35. The van der Waals surface area contributed by atoms with Gasteiger partial charge >= 0.3 is 5.97 Å². The Labute approximate surface area is 100 Å². The lowest BCUT2D eigenvalue weighted by Crippen LogP contribution is -2.52. The number of carboxylic acid groups (broad SMARTS) is 1. The number of nitrogens with one attached hydrogen (secondary N) is 1. The molecule has 0 saturated carbocycles. The molecule has 0 radical (unpaired) electrons. The molecule has 0 fully saturated rings. The van der Waals surface area contributed by atoms with Gasteiger partial charge in [-0.3, -0.25) is 10.1 Å². The molecule has 3 N–H and O–H groups in total. The normalized spacial score (nSPS) is 21.9. The van der Waals surface area contributed by atoms with E-state index >= 15 is 0 Å². The van der Waals surface area contributed by atoms with Crippen molar-refractivity contribution in [1.82, 2.24) is 5.32 Å². The predicted octanol–water partition coefficient (Wildman–Crippen LogP) is 1.53. The summed E-state index contributed by atoms with van der Waals surface area (Å²) >= 11 is 0. The number of hydrogen-bond donors (Lipinski definition) is 3. The van der Waals surface area contributed by atoms with Crippen LogP contribution in [0.4, 0.5) is 0 Å². The zero-order valence-corrected chi connectivity index (χ0v) is 10.2. The molecule has 1 aliphatic heterocycles. The maximum Gasteiger partial charge on any atom is 0.321 e. The molecular weight excluding hydrogens is 218 g/mol. The summed E-state index contributed by atoms with van der Waals surface area (Å²) in [5.74, 6) is -0.630. The Morgan fingerprint density at radius 1 is 1.47 bits per heavy atom. The standard InChI is InChI=1S/C13H17NO3/c1-7-4-9-8(6-11(7)15)5-10(12(16)17)14-13(9,2)3/h4,6,10,14-15H,5H2,1-3H3,(H,16,17)/t10-/m0/s1. The highest BCUT2D eigenvalue weighted by atomic mass is 16.4. The van der Waals surface area contributed by atoms with Gasteiger partial charge in [0, 0.05) is 5.54 Å². The van der Waals surface area contributed by atoms with Gasteiger partial charge in [-0.2, -0.15) is 0 Å². The van der Waals surface area contributed by atoms with Crippen molar-refractivity contribution in [2.24, 2.45) is 0 Å². The number of rotatable bonds is 1. The number of aliphatic carboxylic acids is 1. The highest BCUT2D eigenvalue weighted by molar-refractivity contribution is 5.75. The van der Waals surface area contributed by atoms with Gasteiger partial charge < -0.3 is 10.2 Å². The lowest BCUT2D eigenvalue weighted by atomic mass is 9.81. The van der Waals surface area contributed by atoms with Crippen molar-refractivity contribution in [3.63, 3.8) is 0 Å². The Kier molecular flexibility index (Phi) is 2.62. The van der Waals surface area contributed by atoms with Crippen LogP contribution in [0.3, 0.4) is 0 Å². The van der Waals surface area contributed by atoms with E-state index < -0.39 is 17.6 Å². The third-order valence-corrected chi connectivity index (χ3v) is 3.35. The van der Waals surface area contributed by atoms with Crippen molar-refractivity contribution < 1.29 is 15.0 Å². The fraction of sp³-hybridized carbons (Fsp3) is 0.462. The number of aryl methyl sites for hydroxylation is 1. The van der Waals surface area contributed by atoms with Crippen molar-refractivity contribution in [2.75, 3.05) is 0 Å². The molecule has 1 aliphatic rings. The molecule has 1 heterocycles. The molecule has 1 atom stereocenters. The molecular formula is C13H17NO3. The van der Waals surface area contributed by atoms with Gasteiger partial charge in [-0.1, -0.05) is 6.07 Å². The molecule has 2 rings (SSSR count). The molecule has 0 aliphatic carbocycles. The van der Waals surface area contributed by atoms with E-state index in [9.17, 15) is 9.90 Å². The van der Waals surface area contributed by atoms with Gasteiger partial charge in [-0.15, -0.1) is 0 Å². The molecule has 92 valence electrons. The summed E-state index contributed by atoms with van der Waals surface area (Å²) in [5, 5.41) is 21.9. The first kappa shape index (κ1) is 11.9. The highest BCUT2D eigenvalue weighted by Crippen LogP contribution is 2.34. The van der Waals surface area contributed by atoms with E-state index in [4.69, 9.17) is 5.11 Å². The Hall–Kier alpha value is -1.55. The third kappa shape index (κ3) is 2.00. The van der Waals surface area contributed by atoms with Crippen LogP contribution in [0.15, 0.2) is 12.1 Å². The number of carboxylic acids is 1. The van der Waals surface area contributed by atoms with Gasteiger partial charge in [-0.05, 0) is 49.9 Å². The van der Waals surface area contributed by atoms with Crippen LogP contribution in [-0.2, 0) is 16.8 Å². The first-order valence-electron chi connectivity index (χ1n) is 5.65. The number of phenolic OH excluding ortho intramolecular Hbond substituents is 1. The Morgan fingerprint density at radius 3 is 2.71 bits per heavy atom. The molecule has 0 amide bonds. The average molecular weight is 235 g/mol. The third-order valence-electron chi connectivity index (χ3n) is 3.35. The zero-order valence-electron chi connectivity index (χ0n) is 10.2. The Bertz CT molecular complexity index is 480. The summed E-state index contributed by atoms with van der Waals surface area (Å²) in [6.07, 6.45) is 0.405. The van der Waals surface area contributed by atoms with Crippen LogP contribution in [0.5, 0.6) is 5.75 Å². The largest absolute Gasteiger partial charge is 0.508 e. The summed E-state index contributed by atoms with van der Waals surface area (Å²) in [6, 6.07) is 3.01. The van der Waals surface area contributed by atoms with E-state index in [1.54, 1.807) is 6.07 Å². The predicted molar refractivity (Wildman–Crippen MR) is 64.1 cm³/mol. The Balaban J connectivity index is 2.52. The van der Waals surface area contributed by atoms with Gasteiger partial charge in [0.25, 0.3) is 0 Å². The van der Waals surface area contributed by atoms with Crippen molar-refractivity contribution in [3.05, 3.63) is 28.8 Å². The van der Waals surface area contributed by atoms with Gasteiger partial charge in [0.2, 0.25) is 0 Å². The number of aromatic hydroxyl groups is 1. The molecule has 0 bridgehead atoms. The number of hydrogen-bond acceptors (Lipinski definition) is 3. The topological polar surface area (TPSA) is 69.6 Å². The van der Waals surface area contributed by atoms with E-state index in [0.717, 1.165) is 16.7 Å². The molecule has 0 unspecified atom stereocenters. The summed E-state index contributed by atoms with van der Waals surface area (Å²) < 4.78 is 0. The number of benzene rings is 1. The van der Waals surface area contributed by atoms with E-state index in [1.807, 2.05) is 26.8 Å². The van der Waals surface area contributed by atoms with E-state index in [0.29, 0.717) is 6.42 Å². The van der Waals surface area contributed by atoms with Crippen LogP contribution in [0.2, 0.25) is 0 Å². The minimum Gasteiger partial charge on any atom is -0.508 e. The summed E-state index contributed by atoms with van der Waals surface area (Å²) in [7, 11) is 0. The first-order chi connectivity index (χ1) is 7.81. The second-order valence-corrected chi connectivity index (χ2v) is 5.16. The number of carbonyl (C=O) groups is 1. The summed E-state index contributed by atoms with van der Waals surface area (Å²) in [6.45, 7) is 5.75. The fourth-order valence-electron chi connectivity index (χ4n) is 2.42. The monoisotopic (exact) mass is 235 g/mol. The summed E-state index contributed by atoms with van der Waals surface area (Å²) in [5.41, 5.74) is 2.39. The van der Waals surface area contributed by atoms with Crippen LogP contribution < -0.4 is 5.32 Å². The van der Waals surface area contributed by atoms with Gasteiger partial charge in [-0.25, -0.2) is 0 Å². The molecule has 4 heteroatoms. The molecule has 0 aromatic heterocycles. The molecule has 17 heavy (non-hydrogen) atoms. The molecule has 1 aromatic carbocycles. The van der Waals surface area contributed by atoms with Crippen LogP contribution >= 0.6 is 0 Å². The lowest BCUT2D eigenvalue weighted by molar-refractivity contribution is -0.140. The smallest absolute Gasteiger partial charge is 0.321 e. The minimum atomic E-state index is -0.858. The van der Waals surface area contributed by atoms with Gasteiger partial charge in [0.1, 0.15) is 11.8 Å². The SMILES string of the molecule is Cc1cc2c(cc1O)C[C@@H](C(=O)O)NC2(C)C. The average Bonchev–Trinajstić information content (AvgIpc) is 2.20. The molecule has 4 nitrogen and oxygen atoms in total. The van der Waals surface area contributed by atoms with Crippen molar-refractivity contribution in [2.45, 2.75) is 38.8 Å². The van der Waals surface area contributed by atoms with Crippen molar-refractivity contribution >= 4 is 5.97 Å². The van der Waals surface area contributed by atoms with Crippen molar-refractivity contribution in [3.8, 4) is 5.75 Å². The minimum absolute atomic E-state index is 0.227. The second kappa shape index (κ2) is 3.74. The second-order valence-electron chi connectivity index (χ2n) is 5.16. The quantitative estimate of drug-likeness (QED) is 0.690. The molecule has 0 spiro atoms. The van der Waals surface area contributed by atoms with Crippen LogP contribution in [0.1, 0.15) is 30.5 Å². The first-order valence-corrected chi connectivity index (χ1v) is 5.65. The number of phenols is 1. The van der Waals surface area contributed by atoms with Gasteiger partial charge in [0.15, 0.2) is 0 Å². The van der Waals surface area contributed by atoms with Crippen molar-refractivity contribution in [1.29, 1.82) is 0 Å². The van der Waals surface area contributed by atoms with E-state index in [-0.39, 0.29) is 5.75 Å². The summed E-state index contributed by atoms with van der Waals surface area (Å²) in [4.78, 5) is 11.1. The molecule has 0 saturated heterocycles. The number of fused-ring (bicyclic) bond motifs is 1. The fourth-order valence-corrected chi connectivity index (χ4v) is 2.42. The zero-order chi connectivity index (χ0) is 12.8. The van der Waals surface area contributed by atoms with Crippen LogP contribution in [0.25, 0.3) is 0 Å². The maximum absolute atomic E-state index is 11.1. The van der Waals surface area contributed by atoms with E-state index in [2.05, 4.69) is 5.32 Å². The maximum atomic E-state index is 11.1. The lowest BCUT2D eigenvalue weighted by Gasteiger charge is -2.37. The van der Waals surface area contributed by atoms with E-state index in [1.165, 1.54) is 0 Å². The molecule has 1 aromatic rings. The Morgan fingerprint density at radius 2 is 2.12 bits per heavy atom. The van der Waals surface area contributed by atoms with Crippen LogP contribution in [-0.4, -0.2) is 22.2 Å².